The Labute approximate surface area is 126 Å². The van der Waals surface area contributed by atoms with Gasteiger partial charge in [-0.3, -0.25) is 0 Å². The summed E-state index contributed by atoms with van der Waals surface area (Å²) in [5.41, 5.74) is 6.09. The van der Waals surface area contributed by atoms with Crippen LogP contribution in [0.5, 0.6) is 0 Å². The average Bonchev–Trinajstić information content (AvgIpc) is 2.97. The minimum absolute atomic E-state index is 0.0262. The number of nitrogens with two attached hydrogens (primary N) is 1. The van der Waals surface area contributed by atoms with E-state index < -0.39 is 11.6 Å². The largest absolute Gasteiger partial charge is 0.366 e. The average molecular weight is 296 g/mol. The lowest BCUT2D eigenvalue weighted by Gasteiger charge is -2.32. The molecule has 1 aromatic rings. The van der Waals surface area contributed by atoms with Crippen LogP contribution in [-0.4, -0.2) is 12.6 Å². The summed E-state index contributed by atoms with van der Waals surface area (Å²) in [5, 5.41) is 0. The molecule has 0 radical (unpaired) electrons. The van der Waals surface area contributed by atoms with Crippen molar-refractivity contribution in [3.8, 4) is 0 Å². The summed E-state index contributed by atoms with van der Waals surface area (Å²) in [6.45, 7) is 5.11. The fourth-order valence-corrected chi connectivity index (χ4v) is 3.07. The van der Waals surface area contributed by atoms with Crippen molar-refractivity contribution in [3.63, 3.8) is 0 Å². The molecular formula is C17H26F2N2. The predicted molar refractivity (Wildman–Crippen MR) is 83.3 cm³/mol. The smallest absolute Gasteiger partial charge is 0.182 e. The summed E-state index contributed by atoms with van der Waals surface area (Å²) >= 11 is 0. The summed E-state index contributed by atoms with van der Waals surface area (Å²) in [6, 6.07) is 3.64. The number of rotatable bonds is 6. The Hall–Kier alpha value is -1.16. The third kappa shape index (κ3) is 3.73. The van der Waals surface area contributed by atoms with E-state index in [4.69, 9.17) is 5.73 Å². The van der Waals surface area contributed by atoms with E-state index in [9.17, 15) is 8.78 Å². The molecule has 0 aromatic heterocycles. The van der Waals surface area contributed by atoms with E-state index >= 15 is 0 Å². The molecule has 0 aliphatic heterocycles. The first-order chi connectivity index (χ1) is 10.0. The van der Waals surface area contributed by atoms with Crippen molar-refractivity contribution in [1.82, 2.24) is 0 Å². The molecule has 1 aliphatic carbocycles. The van der Waals surface area contributed by atoms with Gasteiger partial charge in [-0.1, -0.05) is 32.8 Å². The maximum atomic E-state index is 14.4. The van der Waals surface area contributed by atoms with E-state index in [-0.39, 0.29) is 12.1 Å². The van der Waals surface area contributed by atoms with Gasteiger partial charge in [-0.15, -0.1) is 0 Å². The molecule has 2 nitrogen and oxygen atoms in total. The highest BCUT2D eigenvalue weighted by Crippen LogP contribution is 2.32. The van der Waals surface area contributed by atoms with Gasteiger partial charge in [0, 0.05) is 24.7 Å². The van der Waals surface area contributed by atoms with Crippen molar-refractivity contribution in [2.45, 2.75) is 58.5 Å². The minimum Gasteiger partial charge on any atom is -0.366 e. The lowest BCUT2D eigenvalue weighted by Crippen LogP contribution is -2.35. The molecule has 0 unspecified atom stereocenters. The monoisotopic (exact) mass is 296 g/mol. The van der Waals surface area contributed by atoms with Gasteiger partial charge in [0.25, 0.3) is 0 Å². The van der Waals surface area contributed by atoms with Crippen molar-refractivity contribution in [1.29, 1.82) is 0 Å². The molecule has 0 bridgehead atoms. The summed E-state index contributed by atoms with van der Waals surface area (Å²) in [6.07, 6.45) is 5.47. The highest BCUT2D eigenvalue weighted by atomic mass is 19.2. The summed E-state index contributed by atoms with van der Waals surface area (Å²) in [4.78, 5) is 2.08. The van der Waals surface area contributed by atoms with Crippen LogP contribution in [0.25, 0.3) is 0 Å². The standard InChI is InChI=1S/C17H26F2N2/c1-12(2)9-10-21(14-5-3-4-6-14)15-8-7-13(11-20)16(18)17(15)19/h7-8,12,14H,3-6,9-11,20H2,1-2H3. The van der Waals surface area contributed by atoms with Gasteiger partial charge in [-0.2, -0.15) is 0 Å². The van der Waals surface area contributed by atoms with E-state index in [0.29, 0.717) is 17.6 Å². The van der Waals surface area contributed by atoms with Crippen molar-refractivity contribution < 1.29 is 8.78 Å². The van der Waals surface area contributed by atoms with Gasteiger partial charge in [0.1, 0.15) is 0 Å². The maximum absolute atomic E-state index is 14.4. The number of anilines is 1. The highest BCUT2D eigenvalue weighted by molar-refractivity contribution is 5.51. The number of hydrogen-bond acceptors (Lipinski definition) is 2. The molecule has 0 amide bonds. The molecule has 2 rings (SSSR count). The molecule has 1 aliphatic rings. The number of halogens is 2. The van der Waals surface area contributed by atoms with Crippen LogP contribution in [0, 0.1) is 17.6 Å². The molecular weight excluding hydrogens is 270 g/mol. The number of nitrogens with zero attached hydrogens (tertiary/aromatic N) is 1. The third-order valence-corrected chi connectivity index (χ3v) is 4.38. The van der Waals surface area contributed by atoms with Gasteiger partial charge in [0.2, 0.25) is 0 Å². The second kappa shape index (κ2) is 7.21. The first-order valence-electron chi connectivity index (χ1n) is 7.98. The fourth-order valence-electron chi connectivity index (χ4n) is 3.07. The van der Waals surface area contributed by atoms with E-state index in [2.05, 4.69) is 18.7 Å². The van der Waals surface area contributed by atoms with Crippen molar-refractivity contribution in [2.24, 2.45) is 11.7 Å². The van der Waals surface area contributed by atoms with Gasteiger partial charge in [0.05, 0.1) is 5.69 Å². The molecule has 0 atom stereocenters. The quantitative estimate of drug-likeness (QED) is 0.851. The van der Waals surface area contributed by atoms with Crippen molar-refractivity contribution in [2.75, 3.05) is 11.4 Å². The Morgan fingerprint density at radius 2 is 1.86 bits per heavy atom. The predicted octanol–water partition coefficient (Wildman–Crippen LogP) is 4.22. The van der Waals surface area contributed by atoms with Crippen LogP contribution in [0.3, 0.4) is 0 Å². The van der Waals surface area contributed by atoms with E-state index in [1.807, 2.05) is 0 Å². The molecule has 118 valence electrons. The van der Waals surface area contributed by atoms with Gasteiger partial charge < -0.3 is 10.6 Å². The van der Waals surface area contributed by atoms with Crippen LogP contribution in [-0.2, 0) is 6.54 Å². The molecule has 2 N–H and O–H groups in total. The molecule has 21 heavy (non-hydrogen) atoms. The Kier molecular flexibility index (Phi) is 5.57. The summed E-state index contributed by atoms with van der Waals surface area (Å²) < 4.78 is 28.4. The molecule has 1 aromatic carbocycles. The van der Waals surface area contributed by atoms with Crippen LogP contribution in [0.4, 0.5) is 14.5 Å². The van der Waals surface area contributed by atoms with E-state index in [1.165, 1.54) is 12.8 Å². The number of benzene rings is 1. The lowest BCUT2D eigenvalue weighted by atomic mass is 10.1. The molecule has 0 saturated heterocycles. The van der Waals surface area contributed by atoms with Crippen LogP contribution in [0.15, 0.2) is 12.1 Å². The first kappa shape index (κ1) is 16.2. The van der Waals surface area contributed by atoms with E-state index in [0.717, 1.165) is 25.8 Å². The maximum Gasteiger partial charge on any atom is 0.182 e. The van der Waals surface area contributed by atoms with Gasteiger partial charge in [0.15, 0.2) is 11.6 Å². The van der Waals surface area contributed by atoms with Crippen molar-refractivity contribution >= 4 is 5.69 Å². The minimum atomic E-state index is -0.789. The highest BCUT2D eigenvalue weighted by Gasteiger charge is 2.26. The second-order valence-electron chi connectivity index (χ2n) is 6.39. The van der Waals surface area contributed by atoms with Crippen LogP contribution in [0.2, 0.25) is 0 Å². The Bertz CT molecular complexity index is 468. The Balaban J connectivity index is 2.29. The van der Waals surface area contributed by atoms with Crippen molar-refractivity contribution in [3.05, 3.63) is 29.3 Å². The van der Waals surface area contributed by atoms with Gasteiger partial charge in [-0.05, 0) is 31.2 Å². The zero-order valence-electron chi connectivity index (χ0n) is 13.0. The Morgan fingerprint density at radius 1 is 1.19 bits per heavy atom. The summed E-state index contributed by atoms with van der Waals surface area (Å²) in [7, 11) is 0. The van der Waals surface area contributed by atoms with Crippen LogP contribution >= 0.6 is 0 Å². The molecule has 1 fully saturated rings. The SMILES string of the molecule is CC(C)CCN(c1ccc(CN)c(F)c1F)C1CCCC1. The van der Waals surface area contributed by atoms with E-state index in [1.54, 1.807) is 12.1 Å². The fraction of sp³-hybridized carbons (Fsp3) is 0.647. The third-order valence-electron chi connectivity index (χ3n) is 4.38. The number of hydrogen-bond donors (Lipinski definition) is 1. The molecule has 0 spiro atoms. The molecule has 0 heterocycles. The summed E-state index contributed by atoms with van der Waals surface area (Å²) in [5.74, 6) is -0.985. The van der Waals surface area contributed by atoms with Gasteiger partial charge in [-0.25, -0.2) is 8.78 Å². The Morgan fingerprint density at radius 3 is 2.43 bits per heavy atom. The normalized spacial score (nSPS) is 15.9. The van der Waals surface area contributed by atoms with Crippen LogP contribution in [0.1, 0.15) is 51.5 Å². The zero-order valence-corrected chi connectivity index (χ0v) is 13.0. The first-order valence-corrected chi connectivity index (χ1v) is 7.98. The lowest BCUT2D eigenvalue weighted by molar-refractivity contribution is 0.480. The topological polar surface area (TPSA) is 29.3 Å². The second-order valence-corrected chi connectivity index (χ2v) is 6.39. The van der Waals surface area contributed by atoms with Gasteiger partial charge >= 0.3 is 0 Å². The molecule has 4 heteroatoms. The van der Waals surface area contributed by atoms with Crippen LogP contribution < -0.4 is 10.6 Å². The molecule has 1 saturated carbocycles. The zero-order chi connectivity index (χ0) is 15.4.